The van der Waals surface area contributed by atoms with Crippen molar-refractivity contribution in [2.45, 2.75) is 12.1 Å². The van der Waals surface area contributed by atoms with Gasteiger partial charge in [-0.05, 0) is 30.7 Å². The number of nitrogens with zero attached hydrogens (tertiary/aromatic N) is 3. The average molecular weight is 433 g/mol. The number of halogens is 2. The fraction of sp³-hybridized carbons (Fsp3) is 0.105. The number of fused-ring (bicyclic) bond motifs is 1. The molecule has 0 spiro atoms. The Morgan fingerprint density at radius 1 is 1.25 bits per heavy atom. The summed E-state index contributed by atoms with van der Waals surface area (Å²) in [6.45, 7) is 2.04. The Balaban J connectivity index is 1.50. The maximum Gasteiger partial charge on any atom is 0.234 e. The van der Waals surface area contributed by atoms with E-state index in [1.807, 2.05) is 16.7 Å². The fourth-order valence-electron chi connectivity index (χ4n) is 2.62. The van der Waals surface area contributed by atoms with Crippen molar-refractivity contribution in [2.75, 3.05) is 11.1 Å². The average Bonchev–Trinajstić information content (AvgIpc) is 3.26. The maximum absolute atomic E-state index is 13.2. The molecule has 0 saturated carbocycles. The van der Waals surface area contributed by atoms with Crippen molar-refractivity contribution in [3.8, 4) is 11.3 Å². The molecule has 1 N–H and O–H groups in total. The van der Waals surface area contributed by atoms with Crippen LogP contribution in [0.15, 0.2) is 53.0 Å². The number of thiazole rings is 1. The van der Waals surface area contributed by atoms with E-state index in [2.05, 4.69) is 39.8 Å². The number of carbonyl (C=O) groups excluding carboxylic acids is 1. The first-order valence-electron chi connectivity index (χ1n) is 8.28. The molecule has 9 heteroatoms. The lowest BCUT2D eigenvalue weighted by molar-refractivity contribution is -0.113. The number of nitrogens with one attached hydrogen (secondary N) is 1. The molecule has 0 saturated heterocycles. The van der Waals surface area contributed by atoms with Crippen molar-refractivity contribution >= 4 is 51.3 Å². The molecule has 2 heterocycles. The summed E-state index contributed by atoms with van der Waals surface area (Å²) in [6.07, 6.45) is 0. The van der Waals surface area contributed by atoms with E-state index in [1.54, 1.807) is 0 Å². The van der Waals surface area contributed by atoms with Gasteiger partial charge < -0.3 is 5.32 Å². The molecule has 0 aliphatic heterocycles. The molecule has 4 rings (SSSR count). The summed E-state index contributed by atoms with van der Waals surface area (Å²) in [4.78, 5) is 13.0. The van der Waals surface area contributed by atoms with Crippen LogP contribution >= 0.6 is 34.7 Å². The predicted molar refractivity (Wildman–Crippen MR) is 112 cm³/mol. The van der Waals surface area contributed by atoms with Crippen LogP contribution in [0.25, 0.3) is 16.2 Å². The minimum Gasteiger partial charge on any atom is -0.325 e. The van der Waals surface area contributed by atoms with Gasteiger partial charge in [0.1, 0.15) is 5.82 Å². The lowest BCUT2D eigenvalue weighted by Gasteiger charge is -2.06. The number of aromatic nitrogens is 3. The van der Waals surface area contributed by atoms with Gasteiger partial charge in [0.15, 0.2) is 5.16 Å². The summed E-state index contributed by atoms with van der Waals surface area (Å²) < 4.78 is 15.2. The van der Waals surface area contributed by atoms with E-state index in [9.17, 15) is 9.18 Å². The summed E-state index contributed by atoms with van der Waals surface area (Å²) in [5.74, 6) is -0.628. The highest BCUT2D eigenvalue weighted by molar-refractivity contribution is 7.99. The lowest BCUT2D eigenvalue weighted by atomic mass is 10.1. The van der Waals surface area contributed by atoms with Gasteiger partial charge in [-0.15, -0.1) is 21.5 Å². The summed E-state index contributed by atoms with van der Waals surface area (Å²) in [5.41, 5.74) is 3.67. The molecule has 2 aromatic heterocycles. The number of rotatable bonds is 5. The number of aryl methyl sites for hydroxylation is 1. The molecule has 4 aromatic rings. The molecule has 0 atom stereocenters. The molecule has 1 amide bonds. The van der Waals surface area contributed by atoms with E-state index in [1.165, 1.54) is 46.9 Å². The largest absolute Gasteiger partial charge is 0.325 e. The van der Waals surface area contributed by atoms with Crippen molar-refractivity contribution in [3.63, 3.8) is 0 Å². The minimum atomic E-state index is -0.527. The van der Waals surface area contributed by atoms with Crippen molar-refractivity contribution in [1.82, 2.24) is 14.6 Å². The van der Waals surface area contributed by atoms with Gasteiger partial charge in [0.05, 0.1) is 16.5 Å². The van der Waals surface area contributed by atoms with Crippen LogP contribution < -0.4 is 5.32 Å². The molecule has 28 heavy (non-hydrogen) atoms. The second kappa shape index (κ2) is 7.90. The number of hydrogen-bond acceptors (Lipinski definition) is 5. The molecule has 0 aliphatic carbocycles. The summed E-state index contributed by atoms with van der Waals surface area (Å²) in [7, 11) is 0. The topological polar surface area (TPSA) is 59.3 Å². The molecule has 0 aliphatic rings. The zero-order chi connectivity index (χ0) is 19.7. The Kier molecular flexibility index (Phi) is 5.34. The van der Waals surface area contributed by atoms with Crippen molar-refractivity contribution in [3.05, 3.63) is 64.2 Å². The molecule has 0 fully saturated rings. The van der Waals surface area contributed by atoms with Crippen LogP contribution in [0.5, 0.6) is 0 Å². The zero-order valence-electron chi connectivity index (χ0n) is 14.6. The zero-order valence-corrected chi connectivity index (χ0v) is 17.0. The van der Waals surface area contributed by atoms with Crippen molar-refractivity contribution in [2.24, 2.45) is 0 Å². The van der Waals surface area contributed by atoms with Crippen LogP contribution in [-0.2, 0) is 4.79 Å². The first kappa shape index (κ1) is 18.9. The minimum absolute atomic E-state index is 0.0365. The number of thioether (sulfide) groups is 1. The highest BCUT2D eigenvalue weighted by Gasteiger charge is 2.15. The second-order valence-electron chi connectivity index (χ2n) is 6.05. The standard InChI is InChI=1S/C19H14ClFN4OS2/c1-11-2-4-12(5-3-11)16-9-27-18-23-24-19(25(16)18)28-10-17(26)22-13-6-7-15(21)14(20)8-13/h2-9H,10H2,1H3,(H,22,26). The maximum atomic E-state index is 13.2. The van der Waals surface area contributed by atoms with Gasteiger partial charge in [0, 0.05) is 11.1 Å². The summed E-state index contributed by atoms with van der Waals surface area (Å²) >= 11 is 8.53. The Hall–Kier alpha value is -2.42. The normalized spacial score (nSPS) is 11.1. The van der Waals surface area contributed by atoms with E-state index < -0.39 is 5.82 Å². The molecule has 0 bridgehead atoms. The number of hydrogen-bond donors (Lipinski definition) is 1. The summed E-state index contributed by atoms with van der Waals surface area (Å²) in [5, 5.41) is 13.7. The third-order valence-corrected chi connectivity index (χ3v) is 6.04. The van der Waals surface area contributed by atoms with E-state index in [0.717, 1.165) is 16.2 Å². The van der Waals surface area contributed by atoms with Crippen molar-refractivity contribution < 1.29 is 9.18 Å². The highest BCUT2D eigenvalue weighted by Crippen LogP contribution is 2.30. The highest BCUT2D eigenvalue weighted by atomic mass is 35.5. The number of anilines is 1. The van der Waals surface area contributed by atoms with Gasteiger partial charge in [0.2, 0.25) is 10.9 Å². The lowest BCUT2D eigenvalue weighted by Crippen LogP contribution is -2.14. The molecule has 0 radical (unpaired) electrons. The molecule has 0 unspecified atom stereocenters. The van der Waals surface area contributed by atoms with Crippen LogP contribution in [-0.4, -0.2) is 26.3 Å². The van der Waals surface area contributed by atoms with E-state index in [4.69, 9.17) is 11.6 Å². The Labute approximate surface area is 173 Å². The van der Waals surface area contributed by atoms with Gasteiger partial charge in [-0.2, -0.15) is 0 Å². The van der Waals surface area contributed by atoms with E-state index in [0.29, 0.717) is 10.8 Å². The van der Waals surface area contributed by atoms with Crippen LogP contribution in [0.2, 0.25) is 5.02 Å². The quantitative estimate of drug-likeness (QED) is 0.435. The van der Waals surface area contributed by atoms with Crippen LogP contribution in [0.4, 0.5) is 10.1 Å². The molecule has 5 nitrogen and oxygen atoms in total. The van der Waals surface area contributed by atoms with Gasteiger partial charge in [-0.25, -0.2) is 4.39 Å². The summed E-state index contributed by atoms with van der Waals surface area (Å²) in [6, 6.07) is 12.3. The molecular formula is C19H14ClFN4OS2. The van der Waals surface area contributed by atoms with Gasteiger partial charge in [-0.3, -0.25) is 9.20 Å². The second-order valence-corrected chi connectivity index (χ2v) is 8.24. The Bertz CT molecular complexity index is 1160. The van der Waals surface area contributed by atoms with Crippen LogP contribution in [0, 0.1) is 12.7 Å². The van der Waals surface area contributed by atoms with Crippen LogP contribution in [0.1, 0.15) is 5.56 Å². The van der Waals surface area contributed by atoms with E-state index >= 15 is 0 Å². The first-order chi connectivity index (χ1) is 13.5. The third kappa shape index (κ3) is 3.89. The first-order valence-corrected chi connectivity index (χ1v) is 10.5. The van der Waals surface area contributed by atoms with Gasteiger partial charge in [0.25, 0.3) is 0 Å². The molecular weight excluding hydrogens is 419 g/mol. The number of carbonyl (C=O) groups is 1. The Morgan fingerprint density at radius 2 is 2.04 bits per heavy atom. The molecule has 2 aromatic carbocycles. The number of benzene rings is 2. The third-order valence-electron chi connectivity index (χ3n) is 4.00. The monoisotopic (exact) mass is 432 g/mol. The fourth-order valence-corrected chi connectivity index (χ4v) is 4.44. The van der Waals surface area contributed by atoms with Gasteiger partial charge in [-0.1, -0.05) is 53.2 Å². The van der Waals surface area contributed by atoms with Crippen molar-refractivity contribution in [1.29, 1.82) is 0 Å². The smallest absolute Gasteiger partial charge is 0.234 e. The van der Waals surface area contributed by atoms with E-state index in [-0.39, 0.29) is 16.7 Å². The number of amides is 1. The Morgan fingerprint density at radius 3 is 2.79 bits per heavy atom. The SMILES string of the molecule is Cc1ccc(-c2csc3nnc(SCC(=O)Nc4ccc(F)c(Cl)c4)n23)cc1. The van der Waals surface area contributed by atoms with Crippen LogP contribution in [0.3, 0.4) is 0 Å². The predicted octanol–water partition coefficient (Wildman–Crippen LogP) is 5.29. The van der Waals surface area contributed by atoms with Gasteiger partial charge >= 0.3 is 0 Å². The molecule has 142 valence electrons.